The summed E-state index contributed by atoms with van der Waals surface area (Å²) in [6.07, 6.45) is 0.979. The molecule has 0 aliphatic rings. The zero-order chi connectivity index (χ0) is 12.7. The molecule has 0 aliphatic carbocycles. The SMILES string of the molecule is CCCOc1ccc(NC(=O)C(C)CN)cc1.Cl. The van der Waals surface area contributed by atoms with Crippen LogP contribution in [-0.4, -0.2) is 19.1 Å². The number of ether oxygens (including phenoxy) is 1. The first kappa shape index (κ1) is 16.7. The summed E-state index contributed by atoms with van der Waals surface area (Å²) >= 11 is 0. The fourth-order valence-electron chi connectivity index (χ4n) is 1.23. The number of carbonyl (C=O) groups excluding carboxylic acids is 1. The van der Waals surface area contributed by atoms with Gasteiger partial charge in [0.05, 0.1) is 6.61 Å². The number of anilines is 1. The fourth-order valence-corrected chi connectivity index (χ4v) is 1.23. The van der Waals surface area contributed by atoms with Gasteiger partial charge in [0.2, 0.25) is 5.91 Å². The van der Waals surface area contributed by atoms with Crippen molar-refractivity contribution in [3.63, 3.8) is 0 Å². The maximum atomic E-state index is 11.6. The second-order valence-corrected chi connectivity index (χ2v) is 4.00. The van der Waals surface area contributed by atoms with Crippen molar-refractivity contribution in [3.05, 3.63) is 24.3 Å². The summed E-state index contributed by atoms with van der Waals surface area (Å²) in [6.45, 7) is 4.91. The Labute approximate surface area is 114 Å². The Bertz CT molecular complexity index is 355. The molecule has 1 amide bonds. The second kappa shape index (κ2) is 8.78. The van der Waals surface area contributed by atoms with Gasteiger partial charge in [-0.15, -0.1) is 12.4 Å². The molecule has 0 fully saturated rings. The molecule has 3 N–H and O–H groups in total. The predicted octanol–water partition coefficient (Wildman–Crippen LogP) is 2.43. The van der Waals surface area contributed by atoms with Crippen LogP contribution in [0.3, 0.4) is 0 Å². The maximum Gasteiger partial charge on any atom is 0.228 e. The second-order valence-electron chi connectivity index (χ2n) is 4.00. The molecule has 1 aromatic carbocycles. The van der Waals surface area contributed by atoms with E-state index < -0.39 is 0 Å². The van der Waals surface area contributed by atoms with Crippen molar-refractivity contribution in [3.8, 4) is 5.75 Å². The summed E-state index contributed by atoms with van der Waals surface area (Å²) in [4.78, 5) is 11.6. The van der Waals surface area contributed by atoms with Crippen LogP contribution in [0.4, 0.5) is 5.69 Å². The lowest BCUT2D eigenvalue weighted by molar-refractivity contribution is -0.119. The molecule has 0 saturated carbocycles. The topological polar surface area (TPSA) is 64.3 Å². The molecule has 5 heteroatoms. The van der Waals surface area contributed by atoms with Crippen LogP contribution >= 0.6 is 12.4 Å². The summed E-state index contributed by atoms with van der Waals surface area (Å²) in [5.41, 5.74) is 6.19. The number of rotatable bonds is 6. The van der Waals surface area contributed by atoms with E-state index in [2.05, 4.69) is 12.2 Å². The molecule has 1 atom stereocenters. The lowest BCUT2D eigenvalue weighted by atomic mass is 10.1. The summed E-state index contributed by atoms with van der Waals surface area (Å²) in [6, 6.07) is 7.34. The molecule has 1 unspecified atom stereocenters. The summed E-state index contributed by atoms with van der Waals surface area (Å²) < 4.78 is 5.45. The zero-order valence-electron chi connectivity index (χ0n) is 10.8. The first-order valence-corrected chi connectivity index (χ1v) is 5.91. The van der Waals surface area contributed by atoms with Crippen LogP contribution in [0.1, 0.15) is 20.3 Å². The average molecular weight is 273 g/mol. The van der Waals surface area contributed by atoms with Crippen molar-refractivity contribution in [2.75, 3.05) is 18.5 Å². The van der Waals surface area contributed by atoms with Gasteiger partial charge in [0.1, 0.15) is 5.75 Å². The highest BCUT2D eigenvalue weighted by Crippen LogP contribution is 2.16. The molecule has 4 nitrogen and oxygen atoms in total. The molecule has 0 spiro atoms. The van der Waals surface area contributed by atoms with Crippen LogP contribution in [0.5, 0.6) is 5.75 Å². The van der Waals surface area contributed by atoms with Crippen molar-refractivity contribution in [2.45, 2.75) is 20.3 Å². The van der Waals surface area contributed by atoms with E-state index in [1.807, 2.05) is 24.3 Å². The number of halogens is 1. The Hall–Kier alpha value is -1.26. The van der Waals surface area contributed by atoms with Gasteiger partial charge in [0, 0.05) is 18.2 Å². The number of benzene rings is 1. The van der Waals surface area contributed by atoms with E-state index in [4.69, 9.17) is 10.5 Å². The maximum absolute atomic E-state index is 11.6. The van der Waals surface area contributed by atoms with Crippen LogP contribution < -0.4 is 15.8 Å². The highest BCUT2D eigenvalue weighted by molar-refractivity contribution is 5.92. The Morgan fingerprint density at radius 1 is 1.39 bits per heavy atom. The minimum Gasteiger partial charge on any atom is -0.494 e. The van der Waals surface area contributed by atoms with Crippen LogP contribution in [0.25, 0.3) is 0 Å². The first-order chi connectivity index (χ1) is 8.17. The fraction of sp³-hybridized carbons (Fsp3) is 0.462. The van der Waals surface area contributed by atoms with E-state index in [1.54, 1.807) is 6.92 Å². The van der Waals surface area contributed by atoms with E-state index in [9.17, 15) is 4.79 Å². The van der Waals surface area contributed by atoms with E-state index in [-0.39, 0.29) is 24.2 Å². The Morgan fingerprint density at radius 3 is 2.50 bits per heavy atom. The van der Waals surface area contributed by atoms with Crippen LogP contribution in [0, 0.1) is 5.92 Å². The van der Waals surface area contributed by atoms with Crippen molar-refractivity contribution >= 4 is 24.0 Å². The van der Waals surface area contributed by atoms with Gasteiger partial charge in [0.25, 0.3) is 0 Å². The molecule has 0 aromatic heterocycles. The minimum atomic E-state index is -0.175. The number of nitrogens with two attached hydrogens (primary N) is 1. The van der Waals surface area contributed by atoms with E-state index in [0.29, 0.717) is 13.2 Å². The van der Waals surface area contributed by atoms with Crippen molar-refractivity contribution in [1.29, 1.82) is 0 Å². The summed E-state index contributed by atoms with van der Waals surface area (Å²) in [5.74, 6) is 0.581. The first-order valence-electron chi connectivity index (χ1n) is 5.91. The van der Waals surface area contributed by atoms with Crippen molar-refractivity contribution in [2.24, 2.45) is 11.7 Å². The molecule has 0 radical (unpaired) electrons. The predicted molar refractivity (Wildman–Crippen MR) is 76.3 cm³/mol. The Kier molecular flexibility index (Phi) is 8.16. The third-order valence-corrected chi connectivity index (χ3v) is 2.40. The van der Waals surface area contributed by atoms with E-state index in [1.165, 1.54) is 0 Å². The monoisotopic (exact) mass is 272 g/mol. The largest absolute Gasteiger partial charge is 0.494 e. The van der Waals surface area contributed by atoms with Gasteiger partial charge in [-0.05, 0) is 30.7 Å². The van der Waals surface area contributed by atoms with Gasteiger partial charge in [0.15, 0.2) is 0 Å². The third-order valence-electron chi connectivity index (χ3n) is 2.40. The molecule has 0 bridgehead atoms. The number of nitrogens with one attached hydrogen (secondary N) is 1. The lowest BCUT2D eigenvalue weighted by Gasteiger charge is -2.10. The quantitative estimate of drug-likeness (QED) is 0.836. The molecule has 0 saturated heterocycles. The van der Waals surface area contributed by atoms with Crippen molar-refractivity contribution in [1.82, 2.24) is 0 Å². The van der Waals surface area contributed by atoms with E-state index >= 15 is 0 Å². The Morgan fingerprint density at radius 2 is 2.00 bits per heavy atom. The molecule has 102 valence electrons. The van der Waals surface area contributed by atoms with Gasteiger partial charge in [-0.2, -0.15) is 0 Å². The highest BCUT2D eigenvalue weighted by Gasteiger charge is 2.10. The normalized spacial score (nSPS) is 11.3. The van der Waals surface area contributed by atoms with Crippen LogP contribution in [-0.2, 0) is 4.79 Å². The van der Waals surface area contributed by atoms with Gasteiger partial charge in [-0.25, -0.2) is 0 Å². The van der Waals surface area contributed by atoms with Gasteiger partial charge in [-0.1, -0.05) is 13.8 Å². The van der Waals surface area contributed by atoms with Crippen molar-refractivity contribution < 1.29 is 9.53 Å². The number of amides is 1. The summed E-state index contributed by atoms with van der Waals surface area (Å²) in [7, 11) is 0. The molecule has 18 heavy (non-hydrogen) atoms. The lowest BCUT2D eigenvalue weighted by Crippen LogP contribution is -2.26. The molecular formula is C13H21ClN2O2. The van der Waals surface area contributed by atoms with Gasteiger partial charge in [-0.3, -0.25) is 4.79 Å². The number of carbonyl (C=O) groups is 1. The molecular weight excluding hydrogens is 252 g/mol. The highest BCUT2D eigenvalue weighted by atomic mass is 35.5. The summed E-state index contributed by atoms with van der Waals surface area (Å²) in [5, 5.41) is 2.80. The van der Waals surface area contributed by atoms with E-state index in [0.717, 1.165) is 17.9 Å². The standard InChI is InChI=1S/C13H20N2O2.ClH/c1-3-8-17-12-6-4-11(5-7-12)15-13(16)10(2)9-14;/h4-7,10H,3,8-9,14H2,1-2H3,(H,15,16);1H. The van der Waals surface area contributed by atoms with Gasteiger partial charge >= 0.3 is 0 Å². The number of hydrogen-bond acceptors (Lipinski definition) is 3. The molecule has 1 rings (SSSR count). The molecule has 0 aliphatic heterocycles. The minimum absolute atomic E-state index is 0. The Balaban J connectivity index is 0.00000289. The van der Waals surface area contributed by atoms with Crippen LogP contribution in [0.2, 0.25) is 0 Å². The number of hydrogen-bond donors (Lipinski definition) is 2. The zero-order valence-corrected chi connectivity index (χ0v) is 11.6. The van der Waals surface area contributed by atoms with Crippen LogP contribution in [0.15, 0.2) is 24.3 Å². The van der Waals surface area contributed by atoms with Gasteiger partial charge < -0.3 is 15.8 Å². The molecule has 0 heterocycles. The molecule has 1 aromatic rings. The average Bonchev–Trinajstić information content (AvgIpc) is 2.37. The smallest absolute Gasteiger partial charge is 0.228 e. The third kappa shape index (κ3) is 5.38.